The minimum Gasteiger partial charge on any atom is -0.467 e. The van der Waals surface area contributed by atoms with Gasteiger partial charge >= 0.3 is 12.1 Å². The lowest BCUT2D eigenvalue weighted by Gasteiger charge is -2.18. The standard InChI is InChI=1S/C16H20F3NO3/c1-10(2)8-13(15(22)23-3)20-14(21)9-11-4-6-12(7-5-11)16(17,18)19/h4-7,10,13H,8-9H2,1-3H3,(H,20,21)/t13-/m1/s1. The molecular weight excluding hydrogens is 311 g/mol. The molecule has 0 radical (unpaired) electrons. The highest BCUT2D eigenvalue weighted by molar-refractivity contribution is 5.85. The van der Waals surface area contributed by atoms with Crippen LogP contribution >= 0.6 is 0 Å². The van der Waals surface area contributed by atoms with E-state index in [0.717, 1.165) is 12.1 Å². The molecule has 0 aliphatic heterocycles. The molecule has 0 saturated heterocycles. The lowest BCUT2D eigenvalue weighted by Crippen LogP contribution is -2.43. The number of carbonyl (C=O) groups is 2. The van der Waals surface area contributed by atoms with Crippen molar-refractivity contribution in [2.45, 2.75) is 38.9 Å². The molecule has 0 unspecified atom stereocenters. The predicted octanol–water partition coefficient (Wildman–Crippen LogP) is 2.95. The maximum absolute atomic E-state index is 12.5. The van der Waals surface area contributed by atoms with Crippen LogP contribution in [0.4, 0.5) is 13.2 Å². The van der Waals surface area contributed by atoms with Crippen molar-refractivity contribution in [3.8, 4) is 0 Å². The van der Waals surface area contributed by atoms with E-state index in [-0.39, 0.29) is 12.3 Å². The van der Waals surface area contributed by atoms with Gasteiger partial charge in [-0.1, -0.05) is 26.0 Å². The summed E-state index contributed by atoms with van der Waals surface area (Å²) >= 11 is 0. The number of methoxy groups -OCH3 is 1. The Hall–Kier alpha value is -2.05. The minimum atomic E-state index is -4.41. The van der Waals surface area contributed by atoms with E-state index >= 15 is 0 Å². The smallest absolute Gasteiger partial charge is 0.416 e. The second-order valence-corrected chi connectivity index (χ2v) is 5.64. The highest BCUT2D eigenvalue weighted by Crippen LogP contribution is 2.29. The molecule has 1 N–H and O–H groups in total. The van der Waals surface area contributed by atoms with E-state index in [1.165, 1.54) is 19.2 Å². The first-order valence-electron chi connectivity index (χ1n) is 7.16. The Labute approximate surface area is 133 Å². The molecule has 128 valence electrons. The van der Waals surface area contributed by atoms with Crippen LogP contribution in [0.25, 0.3) is 0 Å². The molecule has 0 aliphatic carbocycles. The number of ether oxygens (including phenoxy) is 1. The van der Waals surface area contributed by atoms with Gasteiger partial charge in [-0.15, -0.1) is 0 Å². The number of esters is 1. The Balaban J connectivity index is 2.69. The van der Waals surface area contributed by atoms with Crippen molar-refractivity contribution in [3.05, 3.63) is 35.4 Å². The first kappa shape index (κ1) is 19.0. The Kier molecular flexibility index (Phi) is 6.60. The summed E-state index contributed by atoms with van der Waals surface area (Å²) in [6, 6.07) is 3.58. The first-order chi connectivity index (χ1) is 10.6. The van der Waals surface area contributed by atoms with Gasteiger partial charge in [-0.3, -0.25) is 4.79 Å². The van der Waals surface area contributed by atoms with Crippen molar-refractivity contribution < 1.29 is 27.5 Å². The fourth-order valence-electron chi connectivity index (χ4n) is 2.07. The van der Waals surface area contributed by atoms with Crippen LogP contribution in [0.5, 0.6) is 0 Å². The van der Waals surface area contributed by atoms with Crippen LogP contribution < -0.4 is 5.32 Å². The molecule has 7 heteroatoms. The third kappa shape index (κ3) is 6.30. The van der Waals surface area contributed by atoms with Crippen LogP contribution in [0.15, 0.2) is 24.3 Å². The van der Waals surface area contributed by atoms with E-state index in [2.05, 4.69) is 10.1 Å². The monoisotopic (exact) mass is 331 g/mol. The molecule has 0 spiro atoms. The molecule has 0 aliphatic rings. The van der Waals surface area contributed by atoms with Crippen LogP contribution in [0.1, 0.15) is 31.4 Å². The molecule has 0 heterocycles. The Bertz CT molecular complexity index is 538. The summed E-state index contributed by atoms with van der Waals surface area (Å²) in [5.41, 5.74) is -0.336. The second kappa shape index (κ2) is 7.99. The predicted molar refractivity (Wildman–Crippen MR) is 78.5 cm³/mol. The van der Waals surface area contributed by atoms with Crippen molar-refractivity contribution >= 4 is 11.9 Å². The number of rotatable bonds is 6. The highest BCUT2D eigenvalue weighted by atomic mass is 19.4. The normalized spacial score (nSPS) is 12.8. The summed E-state index contributed by atoms with van der Waals surface area (Å²) < 4.78 is 42.1. The molecule has 1 amide bonds. The zero-order valence-electron chi connectivity index (χ0n) is 13.2. The summed E-state index contributed by atoms with van der Waals surface area (Å²) in [5.74, 6) is -0.814. The van der Waals surface area contributed by atoms with Gasteiger partial charge in [0.25, 0.3) is 0 Å². The maximum Gasteiger partial charge on any atom is 0.416 e. The number of amides is 1. The lowest BCUT2D eigenvalue weighted by molar-refractivity contribution is -0.145. The minimum absolute atomic E-state index is 0.107. The van der Waals surface area contributed by atoms with Gasteiger partial charge in [0.2, 0.25) is 5.91 Å². The molecule has 0 aromatic heterocycles. The molecule has 23 heavy (non-hydrogen) atoms. The van der Waals surface area contributed by atoms with E-state index in [1.54, 1.807) is 0 Å². The zero-order chi connectivity index (χ0) is 17.6. The van der Waals surface area contributed by atoms with Crippen LogP contribution in [0.2, 0.25) is 0 Å². The summed E-state index contributed by atoms with van der Waals surface area (Å²) in [6.45, 7) is 3.80. The van der Waals surface area contributed by atoms with E-state index in [9.17, 15) is 22.8 Å². The van der Waals surface area contributed by atoms with E-state index in [1.807, 2.05) is 13.8 Å². The highest BCUT2D eigenvalue weighted by Gasteiger charge is 2.30. The zero-order valence-corrected chi connectivity index (χ0v) is 13.2. The molecule has 1 rings (SSSR count). The topological polar surface area (TPSA) is 55.4 Å². The van der Waals surface area contributed by atoms with Gasteiger partial charge < -0.3 is 10.1 Å². The average Bonchev–Trinajstić information content (AvgIpc) is 2.44. The van der Waals surface area contributed by atoms with Gasteiger partial charge in [0.05, 0.1) is 19.1 Å². The number of benzene rings is 1. The largest absolute Gasteiger partial charge is 0.467 e. The quantitative estimate of drug-likeness (QED) is 0.816. The van der Waals surface area contributed by atoms with Crippen LogP contribution in [0.3, 0.4) is 0 Å². The Morgan fingerprint density at radius 3 is 2.17 bits per heavy atom. The molecule has 1 aromatic carbocycles. The average molecular weight is 331 g/mol. The van der Waals surface area contributed by atoms with Crippen LogP contribution in [-0.2, 0) is 26.9 Å². The van der Waals surface area contributed by atoms with Crippen LogP contribution in [0, 0.1) is 5.92 Å². The third-order valence-corrected chi connectivity index (χ3v) is 3.17. The second-order valence-electron chi connectivity index (χ2n) is 5.64. The van der Waals surface area contributed by atoms with Crippen molar-refractivity contribution in [1.29, 1.82) is 0 Å². The van der Waals surface area contributed by atoms with Crippen molar-refractivity contribution in [2.24, 2.45) is 5.92 Å². The van der Waals surface area contributed by atoms with Crippen molar-refractivity contribution in [1.82, 2.24) is 5.32 Å². The van der Waals surface area contributed by atoms with Gasteiger partial charge in [0, 0.05) is 0 Å². The van der Waals surface area contributed by atoms with Gasteiger partial charge in [-0.05, 0) is 30.0 Å². The summed E-state index contributed by atoms with van der Waals surface area (Å²) in [6.07, 6.45) is -4.09. The molecular formula is C16H20F3NO3. The fraction of sp³-hybridized carbons (Fsp3) is 0.500. The molecule has 0 fully saturated rings. The number of alkyl halides is 3. The van der Waals surface area contributed by atoms with E-state index in [0.29, 0.717) is 12.0 Å². The Morgan fingerprint density at radius 1 is 1.17 bits per heavy atom. The number of carbonyl (C=O) groups excluding carboxylic acids is 2. The number of halogens is 3. The van der Waals surface area contributed by atoms with Crippen LogP contribution in [-0.4, -0.2) is 25.0 Å². The van der Waals surface area contributed by atoms with E-state index < -0.39 is 29.7 Å². The summed E-state index contributed by atoms with van der Waals surface area (Å²) in [7, 11) is 1.23. The first-order valence-corrected chi connectivity index (χ1v) is 7.16. The molecule has 1 atom stereocenters. The fourth-order valence-corrected chi connectivity index (χ4v) is 2.07. The van der Waals surface area contributed by atoms with Crippen molar-refractivity contribution in [3.63, 3.8) is 0 Å². The molecule has 0 saturated carbocycles. The molecule has 0 bridgehead atoms. The number of hydrogen-bond acceptors (Lipinski definition) is 3. The van der Waals surface area contributed by atoms with Gasteiger partial charge in [0.1, 0.15) is 6.04 Å². The summed E-state index contributed by atoms with van der Waals surface area (Å²) in [4.78, 5) is 23.6. The van der Waals surface area contributed by atoms with E-state index in [4.69, 9.17) is 0 Å². The van der Waals surface area contributed by atoms with Crippen molar-refractivity contribution in [2.75, 3.05) is 7.11 Å². The maximum atomic E-state index is 12.5. The lowest BCUT2D eigenvalue weighted by atomic mass is 10.0. The number of nitrogens with one attached hydrogen (secondary N) is 1. The SMILES string of the molecule is COC(=O)[C@@H](CC(C)C)NC(=O)Cc1ccc(C(F)(F)F)cc1. The van der Waals surface area contributed by atoms with Gasteiger partial charge in [0.15, 0.2) is 0 Å². The van der Waals surface area contributed by atoms with Gasteiger partial charge in [-0.25, -0.2) is 4.79 Å². The Morgan fingerprint density at radius 2 is 1.74 bits per heavy atom. The molecule has 4 nitrogen and oxygen atoms in total. The number of hydrogen-bond donors (Lipinski definition) is 1. The van der Waals surface area contributed by atoms with Gasteiger partial charge in [-0.2, -0.15) is 13.2 Å². The summed E-state index contributed by atoms with van der Waals surface area (Å²) in [5, 5.41) is 2.56. The molecule has 1 aromatic rings. The third-order valence-electron chi connectivity index (χ3n) is 3.17.